The van der Waals surface area contributed by atoms with Crippen LogP contribution in [0.25, 0.3) is 0 Å². The van der Waals surface area contributed by atoms with E-state index >= 15 is 0 Å². The first-order valence-electron chi connectivity index (χ1n) is 6.43. The van der Waals surface area contributed by atoms with Crippen molar-refractivity contribution in [3.8, 4) is 0 Å². The van der Waals surface area contributed by atoms with E-state index in [2.05, 4.69) is 38.1 Å². The largest absolute Gasteiger partial charge is 0.327 e. The summed E-state index contributed by atoms with van der Waals surface area (Å²) >= 11 is 1.73. The van der Waals surface area contributed by atoms with Crippen LogP contribution in [0, 0.1) is 18.3 Å². The molecule has 0 aliphatic rings. The second-order valence-corrected chi connectivity index (χ2v) is 7.40. The molecule has 1 rings (SSSR count). The molecular weight excluding hydrogens is 228 g/mol. The zero-order chi connectivity index (χ0) is 13.1. The molecule has 2 N–H and O–H groups in total. The van der Waals surface area contributed by atoms with Gasteiger partial charge in [0.2, 0.25) is 0 Å². The van der Waals surface area contributed by atoms with E-state index in [-0.39, 0.29) is 6.04 Å². The van der Waals surface area contributed by atoms with Gasteiger partial charge in [0.15, 0.2) is 0 Å². The number of thiazole rings is 1. The molecule has 3 heteroatoms. The molecule has 0 aliphatic heterocycles. The first-order valence-corrected chi connectivity index (χ1v) is 7.31. The number of hydrogen-bond donors (Lipinski definition) is 1. The van der Waals surface area contributed by atoms with Gasteiger partial charge >= 0.3 is 0 Å². The lowest BCUT2D eigenvalue weighted by atomic mass is 9.83. The minimum Gasteiger partial charge on any atom is -0.327 e. The van der Waals surface area contributed by atoms with Crippen LogP contribution in [0.3, 0.4) is 0 Å². The van der Waals surface area contributed by atoms with Crippen molar-refractivity contribution in [3.05, 3.63) is 16.1 Å². The second-order valence-electron chi connectivity index (χ2n) is 6.45. The Morgan fingerprint density at radius 2 is 2.06 bits per heavy atom. The molecule has 17 heavy (non-hydrogen) atoms. The van der Waals surface area contributed by atoms with Crippen molar-refractivity contribution < 1.29 is 0 Å². The third-order valence-electron chi connectivity index (χ3n) is 2.77. The number of aromatic nitrogens is 1. The third kappa shape index (κ3) is 6.18. The molecule has 0 aliphatic carbocycles. The average molecular weight is 254 g/mol. The van der Waals surface area contributed by atoms with E-state index < -0.39 is 0 Å². The number of nitrogens with two attached hydrogens (primary N) is 1. The highest BCUT2D eigenvalue weighted by atomic mass is 32.1. The first-order chi connectivity index (χ1) is 7.76. The fraction of sp³-hybridized carbons (Fsp3) is 0.786. The van der Waals surface area contributed by atoms with Gasteiger partial charge in [-0.25, -0.2) is 4.98 Å². The Morgan fingerprint density at radius 1 is 1.41 bits per heavy atom. The smallest absolute Gasteiger partial charge is 0.0943 e. The third-order valence-corrected chi connectivity index (χ3v) is 3.76. The first kappa shape index (κ1) is 14.7. The molecule has 0 amide bonds. The van der Waals surface area contributed by atoms with Gasteiger partial charge in [-0.3, -0.25) is 0 Å². The number of rotatable bonds is 5. The summed E-state index contributed by atoms with van der Waals surface area (Å²) in [6.45, 7) is 11.2. The lowest BCUT2D eigenvalue weighted by Crippen LogP contribution is -2.26. The normalized spacial score (nSPS) is 15.9. The zero-order valence-corrected chi connectivity index (χ0v) is 12.6. The SMILES string of the molecule is Cc1csc(CC(N)CC(C)CC(C)(C)C)n1. The molecule has 1 heterocycles. The summed E-state index contributed by atoms with van der Waals surface area (Å²) in [4.78, 5) is 4.47. The Kier molecular flexibility index (Phi) is 5.14. The molecule has 0 fully saturated rings. The maximum atomic E-state index is 6.20. The average Bonchev–Trinajstić information content (AvgIpc) is 2.46. The molecule has 0 bridgehead atoms. The number of hydrogen-bond acceptors (Lipinski definition) is 3. The van der Waals surface area contributed by atoms with Gasteiger partial charge in [-0.2, -0.15) is 0 Å². The molecule has 0 saturated heterocycles. The predicted molar refractivity (Wildman–Crippen MR) is 76.4 cm³/mol. The maximum Gasteiger partial charge on any atom is 0.0943 e. The Morgan fingerprint density at radius 3 is 2.53 bits per heavy atom. The van der Waals surface area contributed by atoms with Gasteiger partial charge < -0.3 is 5.73 Å². The van der Waals surface area contributed by atoms with Crippen LogP contribution in [0.15, 0.2) is 5.38 Å². The monoisotopic (exact) mass is 254 g/mol. The molecular formula is C14H26N2S. The predicted octanol–water partition coefficient (Wildman–Crippen LogP) is 3.78. The van der Waals surface area contributed by atoms with Crippen molar-refractivity contribution in [2.45, 2.75) is 59.9 Å². The van der Waals surface area contributed by atoms with Gasteiger partial charge in [-0.1, -0.05) is 27.7 Å². The van der Waals surface area contributed by atoms with Crippen LogP contribution in [0.4, 0.5) is 0 Å². The van der Waals surface area contributed by atoms with Crippen molar-refractivity contribution in [2.24, 2.45) is 17.1 Å². The highest BCUT2D eigenvalue weighted by Gasteiger charge is 2.18. The molecule has 2 atom stereocenters. The van der Waals surface area contributed by atoms with Crippen molar-refractivity contribution in [3.63, 3.8) is 0 Å². The van der Waals surface area contributed by atoms with E-state index in [1.54, 1.807) is 11.3 Å². The summed E-state index contributed by atoms with van der Waals surface area (Å²) in [5.41, 5.74) is 7.71. The van der Waals surface area contributed by atoms with E-state index in [9.17, 15) is 0 Å². The molecule has 2 nitrogen and oxygen atoms in total. The summed E-state index contributed by atoms with van der Waals surface area (Å²) < 4.78 is 0. The highest BCUT2D eigenvalue weighted by molar-refractivity contribution is 7.09. The quantitative estimate of drug-likeness (QED) is 0.868. The van der Waals surface area contributed by atoms with E-state index in [0.29, 0.717) is 11.3 Å². The van der Waals surface area contributed by atoms with E-state index in [0.717, 1.165) is 18.5 Å². The fourth-order valence-corrected chi connectivity index (χ4v) is 3.32. The summed E-state index contributed by atoms with van der Waals surface area (Å²) in [7, 11) is 0. The lowest BCUT2D eigenvalue weighted by Gasteiger charge is -2.25. The van der Waals surface area contributed by atoms with Crippen molar-refractivity contribution in [2.75, 3.05) is 0 Å². The van der Waals surface area contributed by atoms with Gasteiger partial charge in [0.1, 0.15) is 0 Å². The van der Waals surface area contributed by atoms with Crippen LogP contribution in [0.2, 0.25) is 0 Å². The van der Waals surface area contributed by atoms with Gasteiger partial charge in [0.05, 0.1) is 5.01 Å². The summed E-state index contributed by atoms with van der Waals surface area (Å²) in [5, 5.41) is 3.28. The van der Waals surface area contributed by atoms with Crippen molar-refractivity contribution >= 4 is 11.3 Å². The molecule has 98 valence electrons. The van der Waals surface area contributed by atoms with Crippen LogP contribution in [-0.4, -0.2) is 11.0 Å². The van der Waals surface area contributed by atoms with Crippen molar-refractivity contribution in [1.29, 1.82) is 0 Å². The maximum absolute atomic E-state index is 6.20. The molecule has 0 radical (unpaired) electrons. The van der Waals surface area contributed by atoms with Gasteiger partial charge in [0.25, 0.3) is 0 Å². The molecule has 0 aromatic carbocycles. The van der Waals surface area contributed by atoms with Crippen molar-refractivity contribution in [1.82, 2.24) is 4.98 Å². The molecule has 0 saturated carbocycles. The summed E-state index contributed by atoms with van der Waals surface area (Å²) in [5.74, 6) is 0.686. The van der Waals surface area contributed by atoms with Crippen LogP contribution in [0.1, 0.15) is 51.2 Å². The summed E-state index contributed by atoms with van der Waals surface area (Å²) in [6, 6.07) is 0.248. The minimum absolute atomic E-state index is 0.248. The lowest BCUT2D eigenvalue weighted by molar-refractivity contribution is 0.285. The Hall–Kier alpha value is -0.410. The second kappa shape index (κ2) is 5.96. The molecule has 0 spiro atoms. The van der Waals surface area contributed by atoms with Gasteiger partial charge in [0, 0.05) is 23.5 Å². The number of aryl methyl sites for hydroxylation is 1. The highest BCUT2D eigenvalue weighted by Crippen LogP contribution is 2.27. The molecule has 2 unspecified atom stereocenters. The van der Waals surface area contributed by atoms with E-state index in [4.69, 9.17) is 5.73 Å². The zero-order valence-electron chi connectivity index (χ0n) is 11.8. The molecule has 1 aromatic rings. The van der Waals surface area contributed by atoms with E-state index in [1.807, 2.05) is 6.92 Å². The summed E-state index contributed by atoms with van der Waals surface area (Å²) in [6.07, 6.45) is 3.25. The Labute approximate surface area is 110 Å². The van der Waals surface area contributed by atoms with Gasteiger partial charge in [-0.15, -0.1) is 11.3 Å². The van der Waals surface area contributed by atoms with Crippen LogP contribution < -0.4 is 5.73 Å². The number of nitrogens with zero attached hydrogens (tertiary/aromatic N) is 1. The van der Waals surface area contributed by atoms with Crippen LogP contribution in [0.5, 0.6) is 0 Å². The Balaban J connectivity index is 2.36. The fourth-order valence-electron chi connectivity index (χ4n) is 2.45. The van der Waals surface area contributed by atoms with Gasteiger partial charge in [-0.05, 0) is 31.1 Å². The Bertz CT molecular complexity index is 338. The molecule has 1 aromatic heterocycles. The standard InChI is InChI=1S/C14H26N2S/c1-10(8-14(3,4)5)6-12(15)7-13-16-11(2)9-17-13/h9-10,12H,6-8,15H2,1-5H3. The minimum atomic E-state index is 0.248. The van der Waals surface area contributed by atoms with Crippen LogP contribution in [-0.2, 0) is 6.42 Å². The van der Waals surface area contributed by atoms with E-state index in [1.165, 1.54) is 11.4 Å². The topological polar surface area (TPSA) is 38.9 Å². The van der Waals surface area contributed by atoms with Crippen LogP contribution >= 0.6 is 11.3 Å².